The molecule has 0 aliphatic carbocycles. The lowest BCUT2D eigenvalue weighted by atomic mass is 10.3. The summed E-state index contributed by atoms with van der Waals surface area (Å²) in [4.78, 5) is 4.09. The van der Waals surface area contributed by atoms with E-state index in [4.69, 9.17) is 5.73 Å². The fourth-order valence-corrected chi connectivity index (χ4v) is 0.417. The van der Waals surface area contributed by atoms with E-state index < -0.39 is 0 Å². The maximum Gasteiger partial charge on any atom is 0.0423 e. The minimum absolute atomic E-state index is 0.800. The third-order valence-corrected chi connectivity index (χ3v) is 1.02. The lowest BCUT2D eigenvalue weighted by molar-refractivity contribution is 1.01. The molecule has 0 spiro atoms. The zero-order valence-corrected chi connectivity index (χ0v) is 6.38. The zero-order valence-electron chi connectivity index (χ0n) is 6.38. The van der Waals surface area contributed by atoms with E-state index in [-0.39, 0.29) is 0 Å². The Morgan fingerprint density at radius 3 is 2.90 bits per heavy atom. The van der Waals surface area contributed by atoms with Crippen LogP contribution in [0.15, 0.2) is 29.4 Å². The van der Waals surface area contributed by atoms with Crippen LogP contribution in [0.4, 0.5) is 0 Å². The molecule has 0 fully saturated rings. The number of nitrogens with zero attached hydrogens (tertiary/aromatic N) is 1. The summed E-state index contributed by atoms with van der Waals surface area (Å²) in [6, 6.07) is 0. The van der Waals surface area contributed by atoms with Crippen molar-refractivity contribution in [2.45, 2.75) is 13.3 Å². The van der Waals surface area contributed by atoms with Gasteiger partial charge in [-0.1, -0.05) is 6.08 Å². The highest BCUT2D eigenvalue weighted by atomic mass is 14.7. The highest BCUT2D eigenvalue weighted by Gasteiger charge is 1.77. The van der Waals surface area contributed by atoms with Gasteiger partial charge in [0.1, 0.15) is 0 Å². The van der Waals surface area contributed by atoms with Gasteiger partial charge in [-0.2, -0.15) is 0 Å². The molecule has 0 aromatic rings. The SMILES string of the molecule is C=CCCN=CC(C)=CN. The fraction of sp³-hybridized carbons (Fsp3) is 0.375. The maximum absolute atomic E-state index is 5.21. The number of allylic oxidation sites excluding steroid dienone is 1. The molecule has 0 rings (SSSR count). The van der Waals surface area contributed by atoms with Crippen molar-refractivity contribution in [3.8, 4) is 0 Å². The van der Waals surface area contributed by atoms with E-state index in [1.165, 1.54) is 6.20 Å². The quantitative estimate of drug-likeness (QED) is 0.357. The third kappa shape index (κ3) is 5.09. The molecule has 0 aromatic carbocycles. The van der Waals surface area contributed by atoms with Crippen molar-refractivity contribution >= 4 is 6.21 Å². The van der Waals surface area contributed by atoms with E-state index in [0.29, 0.717) is 0 Å². The largest absolute Gasteiger partial charge is 0.404 e. The average molecular weight is 138 g/mol. The Morgan fingerprint density at radius 1 is 1.70 bits per heavy atom. The van der Waals surface area contributed by atoms with Gasteiger partial charge in [-0.3, -0.25) is 4.99 Å². The third-order valence-electron chi connectivity index (χ3n) is 1.02. The normalized spacial score (nSPS) is 12.3. The number of hydrogen-bond donors (Lipinski definition) is 1. The van der Waals surface area contributed by atoms with Gasteiger partial charge in [0, 0.05) is 12.8 Å². The summed E-state index contributed by atoms with van der Waals surface area (Å²) >= 11 is 0. The first-order chi connectivity index (χ1) is 4.81. The van der Waals surface area contributed by atoms with Crippen LogP contribution in [0.25, 0.3) is 0 Å². The van der Waals surface area contributed by atoms with Gasteiger partial charge >= 0.3 is 0 Å². The van der Waals surface area contributed by atoms with E-state index in [0.717, 1.165) is 18.5 Å². The molecular formula is C8H14N2. The Hall–Kier alpha value is -1.05. The Labute approximate surface area is 62.1 Å². The summed E-state index contributed by atoms with van der Waals surface area (Å²) in [5, 5.41) is 0. The molecular weight excluding hydrogens is 124 g/mol. The predicted octanol–water partition coefficient (Wildman–Crippen LogP) is 1.50. The van der Waals surface area contributed by atoms with Crippen molar-refractivity contribution in [3.63, 3.8) is 0 Å². The number of rotatable bonds is 4. The second-order valence-electron chi connectivity index (χ2n) is 2.02. The molecule has 0 atom stereocenters. The highest BCUT2D eigenvalue weighted by Crippen LogP contribution is 1.85. The molecule has 0 aromatic heterocycles. The van der Waals surface area contributed by atoms with Gasteiger partial charge < -0.3 is 5.73 Å². The summed E-state index contributed by atoms with van der Waals surface area (Å²) in [7, 11) is 0. The standard InChI is InChI=1S/C8H14N2/c1-3-4-5-10-7-8(2)6-9/h3,6-7H,1,4-5,9H2,2H3. The first-order valence-corrected chi connectivity index (χ1v) is 3.30. The Bertz CT molecular complexity index is 145. The van der Waals surface area contributed by atoms with Crippen LogP contribution < -0.4 is 5.73 Å². The number of aliphatic imine (C=N–C) groups is 1. The lowest BCUT2D eigenvalue weighted by Gasteiger charge is -1.87. The van der Waals surface area contributed by atoms with Gasteiger partial charge in [0.15, 0.2) is 0 Å². The molecule has 0 radical (unpaired) electrons. The van der Waals surface area contributed by atoms with E-state index in [1.54, 1.807) is 6.21 Å². The fourth-order valence-electron chi connectivity index (χ4n) is 0.417. The number of nitrogens with two attached hydrogens (primary N) is 1. The van der Waals surface area contributed by atoms with Crippen LogP contribution in [0.2, 0.25) is 0 Å². The molecule has 2 heteroatoms. The van der Waals surface area contributed by atoms with Crippen LogP contribution in [0.1, 0.15) is 13.3 Å². The second kappa shape index (κ2) is 6.08. The molecule has 10 heavy (non-hydrogen) atoms. The summed E-state index contributed by atoms with van der Waals surface area (Å²) in [6.45, 7) is 6.30. The molecule has 0 bridgehead atoms. The van der Waals surface area contributed by atoms with Crippen LogP contribution in [-0.2, 0) is 0 Å². The van der Waals surface area contributed by atoms with Gasteiger partial charge in [-0.15, -0.1) is 6.58 Å². The molecule has 56 valence electrons. The van der Waals surface area contributed by atoms with Gasteiger partial charge in [0.05, 0.1) is 0 Å². The molecule has 2 N–H and O–H groups in total. The smallest absolute Gasteiger partial charge is 0.0423 e. The molecule has 0 amide bonds. The molecule has 0 aliphatic heterocycles. The van der Waals surface area contributed by atoms with Gasteiger partial charge in [-0.25, -0.2) is 0 Å². The van der Waals surface area contributed by atoms with Crippen LogP contribution in [0.3, 0.4) is 0 Å². The van der Waals surface area contributed by atoms with Crippen LogP contribution in [0, 0.1) is 0 Å². The highest BCUT2D eigenvalue weighted by molar-refractivity contribution is 5.77. The summed E-state index contributed by atoms with van der Waals surface area (Å²) in [5.74, 6) is 0. The minimum atomic E-state index is 0.800. The van der Waals surface area contributed by atoms with Crippen molar-refractivity contribution in [3.05, 3.63) is 24.4 Å². The molecule has 2 nitrogen and oxygen atoms in total. The van der Waals surface area contributed by atoms with E-state index in [2.05, 4.69) is 11.6 Å². The molecule has 0 saturated heterocycles. The van der Waals surface area contributed by atoms with Crippen molar-refractivity contribution < 1.29 is 0 Å². The van der Waals surface area contributed by atoms with Crippen LogP contribution >= 0.6 is 0 Å². The maximum atomic E-state index is 5.21. The minimum Gasteiger partial charge on any atom is -0.404 e. The zero-order chi connectivity index (χ0) is 7.82. The summed E-state index contributed by atoms with van der Waals surface area (Å²) in [5.41, 5.74) is 6.20. The van der Waals surface area contributed by atoms with Gasteiger partial charge in [0.25, 0.3) is 0 Å². The Kier molecular flexibility index (Phi) is 5.44. The summed E-state index contributed by atoms with van der Waals surface area (Å²) < 4.78 is 0. The predicted molar refractivity (Wildman–Crippen MR) is 46.1 cm³/mol. The molecule has 0 saturated carbocycles. The monoisotopic (exact) mass is 138 g/mol. The van der Waals surface area contributed by atoms with E-state index in [1.807, 2.05) is 13.0 Å². The van der Waals surface area contributed by atoms with Crippen molar-refractivity contribution in [1.82, 2.24) is 0 Å². The summed E-state index contributed by atoms with van der Waals surface area (Å²) in [6.07, 6.45) is 6.08. The topological polar surface area (TPSA) is 38.4 Å². The Morgan fingerprint density at radius 2 is 2.40 bits per heavy atom. The van der Waals surface area contributed by atoms with Crippen LogP contribution in [-0.4, -0.2) is 12.8 Å². The van der Waals surface area contributed by atoms with Crippen LogP contribution in [0.5, 0.6) is 0 Å². The second-order valence-corrected chi connectivity index (χ2v) is 2.02. The van der Waals surface area contributed by atoms with Gasteiger partial charge in [0.2, 0.25) is 0 Å². The molecule has 0 aliphatic rings. The lowest BCUT2D eigenvalue weighted by Crippen LogP contribution is -1.86. The average Bonchev–Trinajstić information content (AvgIpc) is 1.98. The Balaban J connectivity index is 3.45. The molecule has 0 unspecified atom stereocenters. The van der Waals surface area contributed by atoms with Crippen molar-refractivity contribution in [1.29, 1.82) is 0 Å². The van der Waals surface area contributed by atoms with E-state index in [9.17, 15) is 0 Å². The van der Waals surface area contributed by atoms with E-state index >= 15 is 0 Å². The first-order valence-electron chi connectivity index (χ1n) is 3.30. The van der Waals surface area contributed by atoms with Crippen molar-refractivity contribution in [2.75, 3.05) is 6.54 Å². The number of hydrogen-bond acceptors (Lipinski definition) is 2. The molecule has 0 heterocycles. The van der Waals surface area contributed by atoms with Gasteiger partial charge in [-0.05, 0) is 25.1 Å². The first kappa shape index (κ1) is 8.95. The van der Waals surface area contributed by atoms with Crippen molar-refractivity contribution in [2.24, 2.45) is 10.7 Å².